The molecule has 0 aliphatic rings. The van der Waals surface area contributed by atoms with Gasteiger partial charge in [0, 0.05) is 0 Å². The number of hydrogen-bond donors (Lipinski definition) is 1. The number of halogens is 5. The molecular formula is C18H30F5NO3. The predicted molar refractivity (Wildman–Crippen MR) is 91.3 cm³/mol. The van der Waals surface area contributed by atoms with Crippen LogP contribution in [0.3, 0.4) is 0 Å². The number of rotatable bonds is 13. The molecule has 0 saturated heterocycles. The standard InChI is InChI=1S/C18H30F5NO3/c1-4-5-6-7-8-9-10-11-27-15(25)14(12-13(2)3)24-16(26)17(19,20)18(21,22)23/h13-14H,4-12H2,1-3H3,(H,24,26). The highest BCUT2D eigenvalue weighted by Crippen LogP contribution is 2.35. The molecule has 0 radical (unpaired) electrons. The van der Waals surface area contributed by atoms with E-state index >= 15 is 0 Å². The SMILES string of the molecule is CCCCCCCCCOC(=O)C(CC(C)C)NC(=O)C(F)(F)C(F)(F)F. The minimum Gasteiger partial charge on any atom is -0.464 e. The summed E-state index contributed by atoms with van der Waals surface area (Å²) in [4.78, 5) is 23.3. The maximum absolute atomic E-state index is 13.1. The number of carbonyl (C=O) groups excluding carboxylic acids is 2. The van der Waals surface area contributed by atoms with E-state index in [0.29, 0.717) is 6.42 Å². The predicted octanol–water partition coefficient (Wildman–Crippen LogP) is 5.01. The van der Waals surface area contributed by atoms with E-state index in [4.69, 9.17) is 4.74 Å². The van der Waals surface area contributed by atoms with Crippen LogP contribution in [0.15, 0.2) is 0 Å². The molecule has 1 amide bonds. The lowest BCUT2D eigenvalue weighted by Crippen LogP contribution is -2.55. The Hall–Kier alpha value is -1.41. The molecule has 0 spiro atoms. The maximum atomic E-state index is 13.1. The summed E-state index contributed by atoms with van der Waals surface area (Å²) in [6.07, 6.45) is 0.732. The smallest absolute Gasteiger partial charge is 0.463 e. The minimum absolute atomic E-state index is 0.0345. The van der Waals surface area contributed by atoms with Crippen LogP contribution >= 0.6 is 0 Å². The summed E-state index contributed by atoms with van der Waals surface area (Å²) in [5, 5.41) is 1.49. The molecule has 0 bridgehead atoms. The first-order valence-electron chi connectivity index (χ1n) is 9.35. The van der Waals surface area contributed by atoms with Crippen molar-refractivity contribution in [2.45, 2.75) is 90.3 Å². The van der Waals surface area contributed by atoms with Crippen molar-refractivity contribution in [1.82, 2.24) is 5.32 Å². The van der Waals surface area contributed by atoms with Crippen LogP contribution in [0.1, 0.15) is 72.1 Å². The van der Waals surface area contributed by atoms with Crippen molar-refractivity contribution in [2.24, 2.45) is 5.92 Å². The Morgan fingerprint density at radius 2 is 1.44 bits per heavy atom. The van der Waals surface area contributed by atoms with E-state index in [2.05, 4.69) is 6.92 Å². The fraction of sp³-hybridized carbons (Fsp3) is 0.889. The molecule has 1 unspecified atom stereocenters. The highest BCUT2D eigenvalue weighted by molar-refractivity contribution is 5.89. The number of hydrogen-bond acceptors (Lipinski definition) is 3. The highest BCUT2D eigenvalue weighted by atomic mass is 19.4. The van der Waals surface area contributed by atoms with Gasteiger partial charge in [-0.1, -0.05) is 59.3 Å². The molecule has 1 atom stereocenters. The molecular weight excluding hydrogens is 373 g/mol. The van der Waals surface area contributed by atoms with Crippen LogP contribution in [0.4, 0.5) is 22.0 Å². The van der Waals surface area contributed by atoms with Crippen LogP contribution in [0, 0.1) is 5.92 Å². The number of esters is 1. The molecule has 1 N–H and O–H groups in total. The van der Waals surface area contributed by atoms with Crippen LogP contribution in [0.5, 0.6) is 0 Å². The van der Waals surface area contributed by atoms with E-state index in [1.165, 1.54) is 5.32 Å². The van der Waals surface area contributed by atoms with E-state index in [1.54, 1.807) is 13.8 Å². The van der Waals surface area contributed by atoms with Crippen molar-refractivity contribution in [2.75, 3.05) is 6.61 Å². The molecule has 0 aliphatic heterocycles. The van der Waals surface area contributed by atoms with Gasteiger partial charge >= 0.3 is 24.0 Å². The number of nitrogens with one attached hydrogen (secondary N) is 1. The summed E-state index contributed by atoms with van der Waals surface area (Å²) in [5.41, 5.74) is 0. The Morgan fingerprint density at radius 3 is 1.93 bits per heavy atom. The van der Waals surface area contributed by atoms with Gasteiger partial charge in [0.25, 0.3) is 0 Å². The Bertz CT molecular complexity index is 453. The van der Waals surface area contributed by atoms with E-state index in [9.17, 15) is 31.5 Å². The van der Waals surface area contributed by atoms with Gasteiger partial charge in [0.2, 0.25) is 0 Å². The average Bonchev–Trinajstić information content (AvgIpc) is 2.54. The van der Waals surface area contributed by atoms with Gasteiger partial charge in [-0.25, -0.2) is 4.79 Å². The van der Waals surface area contributed by atoms with Crippen LogP contribution < -0.4 is 5.32 Å². The number of ether oxygens (including phenoxy) is 1. The third-order valence-corrected chi connectivity index (χ3v) is 3.93. The molecule has 4 nitrogen and oxygen atoms in total. The summed E-state index contributed by atoms with van der Waals surface area (Å²) in [7, 11) is 0. The van der Waals surface area contributed by atoms with E-state index in [-0.39, 0.29) is 18.9 Å². The van der Waals surface area contributed by atoms with Crippen molar-refractivity contribution in [3.8, 4) is 0 Å². The molecule has 0 heterocycles. The third-order valence-electron chi connectivity index (χ3n) is 3.93. The zero-order valence-corrected chi connectivity index (χ0v) is 16.1. The van der Waals surface area contributed by atoms with Crippen molar-refractivity contribution in [3.63, 3.8) is 0 Å². The second-order valence-electron chi connectivity index (χ2n) is 7.02. The summed E-state index contributed by atoms with van der Waals surface area (Å²) in [6, 6.07) is -1.55. The normalized spacial score (nSPS) is 13.5. The summed E-state index contributed by atoms with van der Waals surface area (Å²) in [6.45, 7) is 5.43. The molecule has 0 saturated carbocycles. The zero-order chi connectivity index (χ0) is 21.1. The van der Waals surface area contributed by atoms with E-state index in [1.807, 2.05) is 0 Å². The monoisotopic (exact) mass is 403 g/mol. The van der Waals surface area contributed by atoms with Crippen molar-refractivity contribution < 1.29 is 36.3 Å². The van der Waals surface area contributed by atoms with E-state index in [0.717, 1.165) is 38.5 Å². The van der Waals surface area contributed by atoms with Gasteiger partial charge in [0.1, 0.15) is 6.04 Å². The van der Waals surface area contributed by atoms with Gasteiger partial charge in [0.15, 0.2) is 0 Å². The number of unbranched alkanes of at least 4 members (excludes halogenated alkanes) is 6. The summed E-state index contributed by atoms with van der Waals surface area (Å²) < 4.78 is 67.9. The second-order valence-corrected chi connectivity index (χ2v) is 7.02. The average molecular weight is 403 g/mol. The Balaban J connectivity index is 4.51. The first-order chi connectivity index (χ1) is 12.4. The number of carbonyl (C=O) groups is 2. The Kier molecular flexibility index (Phi) is 11.5. The molecule has 0 aromatic carbocycles. The lowest BCUT2D eigenvalue weighted by Gasteiger charge is -2.23. The van der Waals surface area contributed by atoms with Gasteiger partial charge in [-0.15, -0.1) is 0 Å². The van der Waals surface area contributed by atoms with Crippen LogP contribution in [0.2, 0.25) is 0 Å². The molecule has 0 aromatic rings. The van der Waals surface area contributed by atoms with Crippen LogP contribution in [-0.2, 0) is 14.3 Å². The Labute approximate surface area is 157 Å². The molecule has 0 aliphatic carbocycles. The molecule has 0 rings (SSSR count). The van der Waals surface area contributed by atoms with Gasteiger partial charge in [-0.3, -0.25) is 4.79 Å². The first-order valence-corrected chi connectivity index (χ1v) is 9.35. The molecule has 0 aromatic heterocycles. The minimum atomic E-state index is -6.03. The number of alkyl halides is 5. The largest absolute Gasteiger partial charge is 0.464 e. The van der Waals surface area contributed by atoms with Gasteiger partial charge in [-0.05, 0) is 18.8 Å². The third kappa shape index (κ3) is 9.91. The lowest BCUT2D eigenvalue weighted by atomic mass is 10.0. The lowest BCUT2D eigenvalue weighted by molar-refractivity contribution is -0.270. The first kappa shape index (κ1) is 25.6. The van der Waals surface area contributed by atoms with Gasteiger partial charge in [0.05, 0.1) is 6.61 Å². The van der Waals surface area contributed by atoms with E-state index < -0.39 is 30.0 Å². The fourth-order valence-corrected chi connectivity index (χ4v) is 2.40. The topological polar surface area (TPSA) is 55.4 Å². The highest BCUT2D eigenvalue weighted by Gasteiger charge is 2.63. The fourth-order valence-electron chi connectivity index (χ4n) is 2.40. The zero-order valence-electron chi connectivity index (χ0n) is 16.1. The van der Waals surface area contributed by atoms with Crippen molar-refractivity contribution >= 4 is 11.9 Å². The molecule has 9 heteroatoms. The molecule has 27 heavy (non-hydrogen) atoms. The maximum Gasteiger partial charge on any atom is 0.463 e. The quantitative estimate of drug-likeness (QED) is 0.267. The molecule has 160 valence electrons. The van der Waals surface area contributed by atoms with Gasteiger partial charge < -0.3 is 10.1 Å². The summed E-state index contributed by atoms with van der Waals surface area (Å²) in [5.74, 6) is -9.34. The Morgan fingerprint density at radius 1 is 0.926 bits per heavy atom. The van der Waals surface area contributed by atoms with Crippen molar-refractivity contribution in [3.05, 3.63) is 0 Å². The van der Waals surface area contributed by atoms with Crippen LogP contribution in [0.25, 0.3) is 0 Å². The van der Waals surface area contributed by atoms with Crippen LogP contribution in [-0.4, -0.2) is 36.6 Å². The second kappa shape index (κ2) is 12.1. The summed E-state index contributed by atoms with van der Waals surface area (Å²) >= 11 is 0. The molecule has 0 fully saturated rings. The van der Waals surface area contributed by atoms with Crippen molar-refractivity contribution in [1.29, 1.82) is 0 Å². The van der Waals surface area contributed by atoms with Gasteiger partial charge in [-0.2, -0.15) is 22.0 Å². The number of amides is 1.